The average Bonchev–Trinajstić information content (AvgIpc) is 3.24. The first-order chi connectivity index (χ1) is 11.2. The van der Waals surface area contributed by atoms with Gasteiger partial charge in [-0.2, -0.15) is 0 Å². The second kappa shape index (κ2) is 6.17. The van der Waals surface area contributed by atoms with Crippen LogP contribution in [0.1, 0.15) is 18.4 Å². The van der Waals surface area contributed by atoms with Crippen LogP contribution in [0.4, 0.5) is 0 Å². The van der Waals surface area contributed by atoms with E-state index < -0.39 is 24.0 Å². The first kappa shape index (κ1) is 15.2. The molecule has 3 rings (SSSR count). The minimum Gasteiger partial charge on any atom is -0.394 e. The minimum atomic E-state index is -1.04. The number of aliphatic hydroxyl groups is 1. The van der Waals surface area contributed by atoms with Gasteiger partial charge in [-0.05, 0) is 18.4 Å². The van der Waals surface area contributed by atoms with Crippen LogP contribution in [0.3, 0.4) is 0 Å². The van der Waals surface area contributed by atoms with Crippen molar-refractivity contribution in [1.82, 2.24) is 20.2 Å². The highest BCUT2D eigenvalue weighted by Crippen LogP contribution is 2.48. The fourth-order valence-corrected chi connectivity index (χ4v) is 2.48. The lowest BCUT2D eigenvalue weighted by Crippen LogP contribution is -2.50. The van der Waals surface area contributed by atoms with Crippen LogP contribution in [0, 0.1) is 0 Å². The molecule has 0 bridgehead atoms. The summed E-state index contributed by atoms with van der Waals surface area (Å²) in [5.74, 6) is -0.786. The van der Waals surface area contributed by atoms with Crippen LogP contribution in [-0.2, 0) is 15.0 Å². The highest BCUT2D eigenvalue weighted by atomic mass is 16.3. The van der Waals surface area contributed by atoms with Crippen LogP contribution >= 0.6 is 0 Å². The molecule has 3 N–H and O–H groups in total. The number of amides is 2. The van der Waals surface area contributed by atoms with Gasteiger partial charge in [0.15, 0.2) is 0 Å². The molecule has 0 spiro atoms. The third-order valence-electron chi connectivity index (χ3n) is 3.97. The largest absolute Gasteiger partial charge is 0.394 e. The molecule has 120 valence electrons. The molecule has 2 amide bonds. The zero-order valence-electron chi connectivity index (χ0n) is 12.3. The van der Waals surface area contributed by atoms with Crippen molar-refractivity contribution in [2.45, 2.75) is 24.3 Å². The Morgan fingerprint density at radius 1 is 1.22 bits per heavy atom. The Balaban J connectivity index is 1.67. The number of aromatic nitrogens is 3. The first-order valence-electron chi connectivity index (χ1n) is 7.28. The number of carbonyl (C=O) groups is 2. The van der Waals surface area contributed by atoms with Gasteiger partial charge in [-0.3, -0.25) is 15.0 Å². The first-order valence-corrected chi connectivity index (χ1v) is 7.28. The molecule has 1 fully saturated rings. The third kappa shape index (κ3) is 3.07. The average molecular weight is 315 g/mol. The molecule has 1 atom stereocenters. The van der Waals surface area contributed by atoms with E-state index in [0.717, 1.165) is 18.4 Å². The Morgan fingerprint density at radius 2 is 1.87 bits per heavy atom. The summed E-state index contributed by atoms with van der Waals surface area (Å²) in [7, 11) is 0. The maximum absolute atomic E-state index is 12.6. The molecule has 1 aromatic carbocycles. The Hall–Kier alpha value is -2.74. The molecule has 1 saturated carbocycles. The lowest BCUT2D eigenvalue weighted by Gasteiger charge is -2.21. The molecule has 2 aromatic rings. The second-order valence-electron chi connectivity index (χ2n) is 5.50. The lowest BCUT2D eigenvalue weighted by atomic mass is 9.94. The standard InChI is InChI=1S/C15H17N5O3/c21-8-12(13(22)19-20-9-16-17-10-20)18-14(23)15(6-7-15)11-4-2-1-3-5-11/h1-5,9-10,12,21H,6-8H2,(H,18,23)(H,19,22). The Bertz CT molecular complexity index is 682. The number of aliphatic hydroxyl groups excluding tert-OH is 1. The van der Waals surface area contributed by atoms with Crippen molar-refractivity contribution in [2.75, 3.05) is 12.0 Å². The van der Waals surface area contributed by atoms with Crippen LogP contribution < -0.4 is 10.7 Å². The second-order valence-corrected chi connectivity index (χ2v) is 5.50. The summed E-state index contributed by atoms with van der Waals surface area (Å²) in [4.78, 5) is 24.7. The van der Waals surface area contributed by atoms with Crippen molar-refractivity contribution in [3.8, 4) is 0 Å². The summed E-state index contributed by atoms with van der Waals surface area (Å²) in [5.41, 5.74) is 2.80. The van der Waals surface area contributed by atoms with E-state index >= 15 is 0 Å². The van der Waals surface area contributed by atoms with Gasteiger partial charge in [-0.15, -0.1) is 10.2 Å². The third-order valence-corrected chi connectivity index (χ3v) is 3.97. The smallest absolute Gasteiger partial charge is 0.263 e. The molecule has 1 aliphatic rings. The molecule has 0 saturated heterocycles. The Kier molecular flexibility index (Phi) is 4.07. The van der Waals surface area contributed by atoms with Crippen molar-refractivity contribution >= 4 is 11.8 Å². The maximum Gasteiger partial charge on any atom is 0.263 e. The van der Waals surface area contributed by atoms with E-state index in [1.54, 1.807) is 0 Å². The van der Waals surface area contributed by atoms with E-state index in [0.29, 0.717) is 0 Å². The Labute approximate surface area is 132 Å². The zero-order chi connectivity index (χ0) is 16.3. The molecule has 23 heavy (non-hydrogen) atoms. The van der Waals surface area contributed by atoms with Crippen molar-refractivity contribution in [1.29, 1.82) is 0 Å². The lowest BCUT2D eigenvalue weighted by molar-refractivity contribution is -0.129. The molecule has 0 aliphatic heterocycles. The van der Waals surface area contributed by atoms with Crippen LogP contribution in [0.15, 0.2) is 43.0 Å². The van der Waals surface area contributed by atoms with Crippen LogP contribution in [0.25, 0.3) is 0 Å². The molecular weight excluding hydrogens is 298 g/mol. The topological polar surface area (TPSA) is 109 Å². The van der Waals surface area contributed by atoms with E-state index in [4.69, 9.17) is 0 Å². The van der Waals surface area contributed by atoms with Crippen LogP contribution in [0.2, 0.25) is 0 Å². The highest BCUT2D eigenvalue weighted by Gasteiger charge is 2.51. The van der Waals surface area contributed by atoms with Gasteiger partial charge in [-0.1, -0.05) is 30.3 Å². The SMILES string of the molecule is O=C(Nn1cnnc1)C(CO)NC(=O)C1(c2ccccc2)CC1. The van der Waals surface area contributed by atoms with Gasteiger partial charge in [0.1, 0.15) is 18.7 Å². The fraction of sp³-hybridized carbons (Fsp3) is 0.333. The summed E-state index contributed by atoms with van der Waals surface area (Å²) >= 11 is 0. The Morgan fingerprint density at radius 3 is 2.43 bits per heavy atom. The van der Waals surface area contributed by atoms with E-state index in [1.807, 2.05) is 30.3 Å². The molecular formula is C15H17N5O3. The predicted molar refractivity (Wildman–Crippen MR) is 80.8 cm³/mol. The molecule has 8 nitrogen and oxygen atoms in total. The maximum atomic E-state index is 12.6. The van der Waals surface area contributed by atoms with Crippen molar-refractivity contribution < 1.29 is 14.7 Å². The minimum absolute atomic E-state index is 0.248. The van der Waals surface area contributed by atoms with Crippen LogP contribution in [0.5, 0.6) is 0 Å². The van der Waals surface area contributed by atoms with E-state index in [1.165, 1.54) is 17.3 Å². The van der Waals surface area contributed by atoms with Gasteiger partial charge in [0.05, 0.1) is 12.0 Å². The summed E-state index contributed by atoms with van der Waals surface area (Å²) in [6, 6.07) is 8.41. The monoisotopic (exact) mass is 315 g/mol. The van der Waals surface area contributed by atoms with Crippen LogP contribution in [-0.4, -0.2) is 44.4 Å². The van der Waals surface area contributed by atoms with Gasteiger partial charge in [0.25, 0.3) is 5.91 Å². The van der Waals surface area contributed by atoms with E-state index in [9.17, 15) is 14.7 Å². The van der Waals surface area contributed by atoms with Gasteiger partial charge >= 0.3 is 0 Å². The quantitative estimate of drug-likeness (QED) is 0.669. The van der Waals surface area contributed by atoms with Crippen molar-refractivity contribution in [2.24, 2.45) is 0 Å². The number of rotatable bonds is 6. The molecule has 1 aliphatic carbocycles. The van der Waals surface area contributed by atoms with Crippen molar-refractivity contribution in [3.63, 3.8) is 0 Å². The molecule has 8 heteroatoms. The van der Waals surface area contributed by atoms with E-state index in [-0.39, 0.29) is 5.91 Å². The number of benzene rings is 1. The number of hydrogen-bond acceptors (Lipinski definition) is 5. The zero-order valence-corrected chi connectivity index (χ0v) is 12.3. The summed E-state index contributed by atoms with van der Waals surface area (Å²) in [6.07, 6.45) is 4.07. The van der Waals surface area contributed by atoms with Gasteiger partial charge in [0, 0.05) is 0 Å². The fourth-order valence-electron chi connectivity index (χ4n) is 2.48. The number of hydrogen-bond donors (Lipinski definition) is 3. The number of carbonyl (C=O) groups excluding carboxylic acids is 2. The summed E-state index contributed by atoms with van der Waals surface area (Å²) < 4.78 is 1.25. The highest BCUT2D eigenvalue weighted by molar-refractivity contribution is 5.97. The molecule has 1 aromatic heterocycles. The summed E-state index contributed by atoms with van der Waals surface area (Å²) in [6.45, 7) is -0.495. The normalized spacial score (nSPS) is 16.4. The molecule has 1 unspecified atom stereocenters. The van der Waals surface area contributed by atoms with Gasteiger partial charge in [0.2, 0.25) is 5.91 Å². The van der Waals surface area contributed by atoms with E-state index in [2.05, 4.69) is 20.9 Å². The van der Waals surface area contributed by atoms with Gasteiger partial charge < -0.3 is 10.4 Å². The number of nitrogens with zero attached hydrogens (tertiary/aromatic N) is 3. The van der Waals surface area contributed by atoms with Gasteiger partial charge in [-0.25, -0.2) is 4.68 Å². The molecule has 0 radical (unpaired) electrons. The van der Waals surface area contributed by atoms with Crippen molar-refractivity contribution in [3.05, 3.63) is 48.5 Å². The summed E-state index contributed by atoms with van der Waals surface area (Å²) in [5, 5.41) is 19.2. The molecule has 1 heterocycles. The predicted octanol–water partition coefficient (Wildman–Crippen LogP) is -0.443. The number of nitrogens with one attached hydrogen (secondary N) is 2.